The van der Waals surface area contributed by atoms with E-state index in [1.165, 1.54) is 64.6 Å². The molecule has 0 saturated heterocycles. The largest absolute Gasteiger partial charge is 0.416 e. The molecule has 2 aromatic heterocycles. The monoisotopic (exact) mass is 1150 g/mol. The van der Waals surface area contributed by atoms with Crippen molar-refractivity contribution in [2.75, 3.05) is 23.7 Å². The van der Waals surface area contributed by atoms with Gasteiger partial charge in [-0.1, -0.05) is 123 Å². The first kappa shape index (κ1) is 57.6. The van der Waals surface area contributed by atoms with Crippen LogP contribution in [-0.4, -0.2) is 44.2 Å². The second kappa shape index (κ2) is 25.9. The van der Waals surface area contributed by atoms with E-state index >= 15 is 0 Å². The molecule has 10 rings (SSSR count). The number of halogens is 7. The van der Waals surface area contributed by atoms with E-state index in [0.717, 1.165) is 120 Å². The van der Waals surface area contributed by atoms with Crippen LogP contribution < -0.4 is 16.0 Å². The summed E-state index contributed by atoms with van der Waals surface area (Å²) < 4.78 is 126. The van der Waals surface area contributed by atoms with Crippen LogP contribution in [0.25, 0.3) is 21.5 Å². The summed E-state index contributed by atoms with van der Waals surface area (Å²) in [4.78, 5) is 8.46. The van der Waals surface area contributed by atoms with Gasteiger partial charge in [-0.3, -0.25) is 0 Å². The maximum Gasteiger partial charge on any atom is 0.416 e. The number of sulfonamides is 1. The van der Waals surface area contributed by atoms with E-state index in [4.69, 9.17) is 15.7 Å². The molecule has 21 heteroatoms. The lowest BCUT2D eigenvalue weighted by molar-refractivity contribution is -0.138. The highest BCUT2D eigenvalue weighted by atomic mass is 35.7. The Hall–Kier alpha value is -5.61. The number of benzene rings is 6. The molecule has 0 spiro atoms. The summed E-state index contributed by atoms with van der Waals surface area (Å²) in [5, 5.41) is 20.5. The predicted octanol–water partition coefficient (Wildman–Crippen LogP) is 16.2. The molecule has 0 atom stereocenters. The lowest BCUT2D eigenvalue weighted by Crippen LogP contribution is -2.36. The van der Waals surface area contributed by atoms with Crippen LogP contribution in [0.5, 0.6) is 0 Å². The third kappa shape index (κ3) is 16.2. The van der Waals surface area contributed by atoms with Crippen molar-refractivity contribution in [3.05, 3.63) is 167 Å². The van der Waals surface area contributed by atoms with Gasteiger partial charge >= 0.3 is 12.4 Å². The van der Waals surface area contributed by atoms with Gasteiger partial charge in [-0.05, 0) is 103 Å². The van der Waals surface area contributed by atoms with Gasteiger partial charge in [-0.15, -0.1) is 22.7 Å². The quantitative estimate of drug-likeness (QED) is 0.0678. The fourth-order valence-electron chi connectivity index (χ4n) is 9.47. The Morgan fingerprint density at radius 1 is 0.558 bits per heavy atom. The highest BCUT2D eigenvalue weighted by molar-refractivity contribution is 8.13. The van der Waals surface area contributed by atoms with E-state index in [1.54, 1.807) is 16.7 Å². The van der Waals surface area contributed by atoms with Crippen LogP contribution in [0, 0.1) is 11.8 Å². The number of alkyl halides is 6. The molecule has 3 N–H and O–H groups in total. The van der Waals surface area contributed by atoms with E-state index in [-0.39, 0.29) is 23.9 Å². The highest BCUT2D eigenvalue weighted by Crippen LogP contribution is 2.35. The smallest absolute Gasteiger partial charge is 0.331 e. The highest BCUT2D eigenvalue weighted by Gasteiger charge is 2.35. The fourth-order valence-corrected chi connectivity index (χ4v) is 13.2. The average molecular weight is 1160 g/mol. The number of fused-ring (bicyclic) bond motifs is 2. The molecule has 2 saturated carbocycles. The number of aromatic nitrogens is 2. The summed E-state index contributed by atoms with van der Waals surface area (Å²) in [7, 11) is -3.41. The molecular weight excluding hydrogens is 1100 g/mol. The van der Waals surface area contributed by atoms with Gasteiger partial charge in [0.05, 0.1) is 38.9 Å². The number of nitrogens with zero attached hydrogens (tertiary/aromatic N) is 3. The summed E-state index contributed by atoms with van der Waals surface area (Å²) in [6, 6.07) is 35.9. The molecule has 0 bridgehead atoms. The van der Waals surface area contributed by atoms with Crippen LogP contribution in [0.15, 0.2) is 154 Å². The van der Waals surface area contributed by atoms with Crippen LogP contribution in [0.2, 0.25) is 0 Å². The Morgan fingerprint density at radius 3 is 1.55 bits per heavy atom. The first-order valence-electron chi connectivity index (χ1n) is 25.2. The summed E-state index contributed by atoms with van der Waals surface area (Å²) in [6.45, 7) is 2.23. The number of nitrogens with one attached hydrogen (secondary N) is 3. The van der Waals surface area contributed by atoms with Crippen molar-refractivity contribution in [2.24, 2.45) is 11.8 Å². The number of hydrogen-bond donors (Lipinski definition) is 3. The molecule has 0 unspecified atom stereocenters. The van der Waals surface area contributed by atoms with Crippen LogP contribution in [0.4, 0.5) is 48.0 Å². The van der Waals surface area contributed by atoms with E-state index in [1.807, 2.05) is 42.5 Å². The first-order chi connectivity index (χ1) is 36.8. The standard InChI is InChI=1S/C28H28F3N3O2S2.C21H25N3S.C7H4ClF3O2S/c29-28(30,31)22-12-7-13-24(16-22)38(35,36)34(17-20-8-2-1-3-9-20)18-23-19-37-27(32-23)33-26-15-6-11-21-10-4-5-14-25(21)26;1-2-7-16(8-3-1)13-22-14-18-15-25-21(23-18)24-20-12-6-10-17-9-4-5-11-19(17)20;8-14(12,13)6-3-1-2-5(4-6)7(9,10)11/h4-7,10-16,19-20H,1-3,8-9,17-18H2,(H,32,33);4-6,9-12,15-16,22H,1-3,7-8,13-14H2,(H,23,24);1-4H. The van der Waals surface area contributed by atoms with Crippen LogP contribution in [0.1, 0.15) is 86.7 Å². The molecule has 77 heavy (non-hydrogen) atoms. The normalized spacial score (nSPS) is 14.9. The summed E-state index contributed by atoms with van der Waals surface area (Å²) in [5.74, 6) is 1.02. The van der Waals surface area contributed by atoms with Crippen molar-refractivity contribution in [1.29, 1.82) is 0 Å². The first-order valence-corrected chi connectivity index (χ1v) is 30.7. The Kier molecular flexibility index (Phi) is 19.4. The molecule has 2 aliphatic carbocycles. The molecular formula is C56H57ClF6N6O4S4. The van der Waals surface area contributed by atoms with Crippen LogP contribution >= 0.6 is 33.4 Å². The maximum atomic E-state index is 13.7. The molecule has 408 valence electrons. The molecule has 0 aliphatic heterocycles. The van der Waals surface area contributed by atoms with Gasteiger partial charge in [0.25, 0.3) is 9.05 Å². The van der Waals surface area contributed by atoms with Crippen molar-refractivity contribution in [2.45, 2.75) is 99.4 Å². The minimum atomic E-state index is -4.63. The minimum Gasteiger partial charge on any atom is -0.331 e. The third-order valence-electron chi connectivity index (χ3n) is 13.4. The minimum absolute atomic E-state index is 0.0111. The number of hydrogen-bond acceptors (Lipinski definition) is 11. The summed E-state index contributed by atoms with van der Waals surface area (Å²) in [6.07, 6.45) is 2.78. The van der Waals surface area contributed by atoms with Gasteiger partial charge in [-0.2, -0.15) is 30.6 Å². The molecule has 2 fully saturated rings. The van der Waals surface area contributed by atoms with Crippen LogP contribution in [0.3, 0.4) is 0 Å². The number of rotatable bonds is 15. The Labute approximate surface area is 457 Å². The summed E-state index contributed by atoms with van der Waals surface area (Å²) >= 11 is 3.04. The summed E-state index contributed by atoms with van der Waals surface area (Å²) in [5.41, 5.74) is 1.66. The van der Waals surface area contributed by atoms with E-state index in [2.05, 4.69) is 68.8 Å². The van der Waals surface area contributed by atoms with Crippen molar-refractivity contribution in [3.63, 3.8) is 0 Å². The molecule has 8 aromatic rings. The Balaban J connectivity index is 0.000000172. The number of anilines is 4. The van der Waals surface area contributed by atoms with Gasteiger partial charge in [-0.25, -0.2) is 26.8 Å². The molecule has 0 amide bonds. The van der Waals surface area contributed by atoms with Gasteiger partial charge in [0.1, 0.15) is 0 Å². The zero-order valence-corrected chi connectivity index (χ0v) is 45.7. The van der Waals surface area contributed by atoms with E-state index < -0.39 is 47.4 Å². The van der Waals surface area contributed by atoms with Crippen molar-refractivity contribution >= 4 is 95.6 Å². The zero-order valence-electron chi connectivity index (χ0n) is 41.7. The molecule has 2 heterocycles. The Morgan fingerprint density at radius 2 is 1.01 bits per heavy atom. The average Bonchev–Trinajstić information content (AvgIpc) is 4.09. The van der Waals surface area contributed by atoms with Gasteiger partial charge in [0.2, 0.25) is 10.0 Å². The molecule has 6 aromatic carbocycles. The molecule has 2 aliphatic rings. The number of thiazole rings is 2. The van der Waals surface area contributed by atoms with Crippen LogP contribution in [-0.2, 0) is 44.5 Å². The zero-order chi connectivity index (χ0) is 54.6. The second-order valence-electron chi connectivity index (χ2n) is 19.0. The SMILES string of the molecule is O=S(=O)(Cl)c1cccc(C(F)(F)F)c1.O=S(=O)(c1cccc(C(F)(F)F)c1)N(Cc1csc(Nc2cccc3ccccc23)n1)CC1CCCCC1.c1ccc2c(Nc3nc(CNCC4CCCCC4)cs3)cccc2c1. The van der Waals surface area contributed by atoms with Crippen molar-refractivity contribution in [1.82, 2.24) is 19.6 Å². The predicted molar refractivity (Wildman–Crippen MR) is 297 cm³/mol. The topological polar surface area (TPSA) is 133 Å². The van der Waals surface area contributed by atoms with Gasteiger partial charge in [0, 0.05) is 56.7 Å². The lowest BCUT2D eigenvalue weighted by atomic mass is 9.89. The van der Waals surface area contributed by atoms with Crippen molar-refractivity contribution in [3.8, 4) is 0 Å². The van der Waals surface area contributed by atoms with Gasteiger partial charge in [0.15, 0.2) is 10.3 Å². The molecule has 0 radical (unpaired) electrons. The maximum absolute atomic E-state index is 13.7. The van der Waals surface area contributed by atoms with E-state index in [0.29, 0.717) is 16.9 Å². The third-order valence-corrected chi connectivity index (χ3v) is 18.2. The van der Waals surface area contributed by atoms with Gasteiger partial charge < -0.3 is 16.0 Å². The van der Waals surface area contributed by atoms with Crippen molar-refractivity contribution < 1.29 is 43.2 Å². The molecule has 10 nitrogen and oxygen atoms in total. The lowest BCUT2D eigenvalue weighted by Gasteiger charge is -2.29. The second-order valence-corrected chi connectivity index (χ2v) is 25.2. The van der Waals surface area contributed by atoms with E-state index in [9.17, 15) is 43.2 Å². The fraction of sp³-hybridized carbons (Fsp3) is 0.321. The Bertz CT molecular complexity index is 3440.